The molecule has 0 spiro atoms. The fourth-order valence-electron chi connectivity index (χ4n) is 2.92. The highest BCUT2D eigenvalue weighted by molar-refractivity contribution is 5.79. The van der Waals surface area contributed by atoms with E-state index in [-0.39, 0.29) is 0 Å². The van der Waals surface area contributed by atoms with E-state index in [4.69, 9.17) is 4.74 Å². The van der Waals surface area contributed by atoms with Crippen LogP contribution in [0.3, 0.4) is 0 Å². The molecule has 1 fully saturated rings. The maximum Gasteiger partial charge on any atom is 0.193 e. The monoisotopic (exact) mass is 303 g/mol. The molecule has 1 aliphatic heterocycles. The van der Waals surface area contributed by atoms with Crippen LogP contribution < -0.4 is 5.32 Å². The standard InChI is InChI=1S/C18H29N3O/c1-14-6-5-7-17(10-14)15(2)11-20-18(19-3)21(4)12-16-8-9-22-13-16/h5-7,10,15-16H,8-9,11-13H2,1-4H3,(H,19,20). The number of rotatable bonds is 5. The minimum atomic E-state index is 0.458. The lowest BCUT2D eigenvalue weighted by Crippen LogP contribution is -2.42. The molecule has 1 N–H and O–H groups in total. The van der Waals surface area contributed by atoms with Crippen molar-refractivity contribution in [3.8, 4) is 0 Å². The van der Waals surface area contributed by atoms with Gasteiger partial charge in [-0.05, 0) is 24.8 Å². The lowest BCUT2D eigenvalue weighted by molar-refractivity contribution is 0.181. The fraction of sp³-hybridized carbons (Fsp3) is 0.611. The first kappa shape index (κ1) is 16.8. The average Bonchev–Trinajstić information content (AvgIpc) is 3.00. The van der Waals surface area contributed by atoms with E-state index in [0.717, 1.165) is 38.7 Å². The van der Waals surface area contributed by atoms with Crippen molar-refractivity contribution in [1.29, 1.82) is 0 Å². The Morgan fingerprint density at radius 2 is 2.32 bits per heavy atom. The normalized spacial score (nSPS) is 20.0. The summed E-state index contributed by atoms with van der Waals surface area (Å²) in [6, 6.07) is 8.72. The van der Waals surface area contributed by atoms with Crippen LogP contribution >= 0.6 is 0 Å². The Morgan fingerprint density at radius 1 is 1.50 bits per heavy atom. The van der Waals surface area contributed by atoms with Crippen LogP contribution in [0.5, 0.6) is 0 Å². The van der Waals surface area contributed by atoms with E-state index in [9.17, 15) is 0 Å². The van der Waals surface area contributed by atoms with Crippen LogP contribution in [0.25, 0.3) is 0 Å². The number of aryl methyl sites for hydroxylation is 1. The van der Waals surface area contributed by atoms with Gasteiger partial charge in [0.05, 0.1) is 6.61 Å². The zero-order chi connectivity index (χ0) is 15.9. The maximum atomic E-state index is 5.45. The van der Waals surface area contributed by atoms with Gasteiger partial charge in [-0.1, -0.05) is 36.8 Å². The Bertz CT molecular complexity index is 495. The second kappa shape index (κ2) is 8.18. The third-order valence-corrected chi connectivity index (χ3v) is 4.31. The molecule has 2 unspecified atom stereocenters. The smallest absolute Gasteiger partial charge is 0.193 e. The van der Waals surface area contributed by atoms with Crippen molar-refractivity contribution >= 4 is 5.96 Å². The van der Waals surface area contributed by atoms with Gasteiger partial charge < -0.3 is 15.0 Å². The van der Waals surface area contributed by atoms with Gasteiger partial charge in [0, 0.05) is 39.7 Å². The Balaban J connectivity index is 1.84. The molecule has 1 aliphatic rings. The predicted octanol–water partition coefficient (Wildman–Crippen LogP) is 2.64. The highest BCUT2D eigenvalue weighted by Gasteiger charge is 2.19. The average molecular weight is 303 g/mol. The van der Waals surface area contributed by atoms with Crippen LogP contribution in [-0.2, 0) is 4.74 Å². The van der Waals surface area contributed by atoms with Crippen LogP contribution in [0.4, 0.5) is 0 Å². The molecule has 4 nitrogen and oxygen atoms in total. The molecule has 4 heteroatoms. The summed E-state index contributed by atoms with van der Waals surface area (Å²) in [5.74, 6) is 2.05. The summed E-state index contributed by atoms with van der Waals surface area (Å²) in [6.45, 7) is 8.05. The SMILES string of the molecule is CN=C(NCC(C)c1cccc(C)c1)N(C)CC1CCOC1. The Hall–Kier alpha value is -1.55. The van der Waals surface area contributed by atoms with E-state index in [0.29, 0.717) is 11.8 Å². The highest BCUT2D eigenvalue weighted by Crippen LogP contribution is 2.16. The van der Waals surface area contributed by atoms with Gasteiger partial charge in [-0.2, -0.15) is 0 Å². The van der Waals surface area contributed by atoms with Crippen molar-refractivity contribution in [3.63, 3.8) is 0 Å². The molecular weight excluding hydrogens is 274 g/mol. The molecule has 0 amide bonds. The number of guanidine groups is 1. The van der Waals surface area contributed by atoms with Crippen LogP contribution in [0, 0.1) is 12.8 Å². The van der Waals surface area contributed by atoms with Gasteiger partial charge >= 0.3 is 0 Å². The molecule has 1 aromatic rings. The summed E-state index contributed by atoms with van der Waals surface area (Å²) in [6.07, 6.45) is 1.15. The van der Waals surface area contributed by atoms with Crippen molar-refractivity contribution < 1.29 is 4.74 Å². The Kier molecular flexibility index (Phi) is 6.25. The van der Waals surface area contributed by atoms with Crippen molar-refractivity contribution in [1.82, 2.24) is 10.2 Å². The Morgan fingerprint density at radius 3 is 2.95 bits per heavy atom. The number of nitrogens with zero attached hydrogens (tertiary/aromatic N) is 2. The van der Waals surface area contributed by atoms with E-state index in [2.05, 4.69) is 60.4 Å². The first-order valence-corrected chi connectivity index (χ1v) is 8.16. The molecule has 0 saturated carbocycles. The molecule has 1 aromatic carbocycles. The number of hydrogen-bond acceptors (Lipinski definition) is 2. The quantitative estimate of drug-likeness (QED) is 0.671. The van der Waals surface area contributed by atoms with Gasteiger partial charge in [0.1, 0.15) is 0 Å². The third-order valence-electron chi connectivity index (χ3n) is 4.31. The van der Waals surface area contributed by atoms with E-state index < -0.39 is 0 Å². The fourth-order valence-corrected chi connectivity index (χ4v) is 2.92. The van der Waals surface area contributed by atoms with Crippen molar-refractivity contribution in [2.45, 2.75) is 26.2 Å². The van der Waals surface area contributed by atoms with Crippen LogP contribution in [0.1, 0.15) is 30.4 Å². The third kappa shape index (κ3) is 4.73. The molecule has 122 valence electrons. The molecule has 0 aliphatic carbocycles. The van der Waals surface area contributed by atoms with E-state index in [1.54, 1.807) is 0 Å². The summed E-state index contributed by atoms with van der Waals surface area (Å²) in [7, 11) is 3.95. The molecule has 0 aromatic heterocycles. The van der Waals surface area contributed by atoms with E-state index in [1.807, 2.05) is 7.05 Å². The van der Waals surface area contributed by atoms with Crippen molar-refractivity contribution in [2.24, 2.45) is 10.9 Å². The lowest BCUT2D eigenvalue weighted by Gasteiger charge is -2.25. The first-order valence-electron chi connectivity index (χ1n) is 8.16. The summed E-state index contributed by atoms with van der Waals surface area (Å²) in [4.78, 5) is 6.61. The van der Waals surface area contributed by atoms with Crippen LogP contribution in [0.2, 0.25) is 0 Å². The van der Waals surface area contributed by atoms with Gasteiger partial charge in [0.2, 0.25) is 0 Å². The van der Waals surface area contributed by atoms with E-state index >= 15 is 0 Å². The molecule has 1 saturated heterocycles. The second-order valence-corrected chi connectivity index (χ2v) is 6.35. The predicted molar refractivity (Wildman–Crippen MR) is 92.5 cm³/mol. The van der Waals surface area contributed by atoms with Gasteiger partial charge in [-0.3, -0.25) is 4.99 Å². The zero-order valence-corrected chi connectivity index (χ0v) is 14.3. The number of aliphatic imine (C=N–C) groups is 1. The lowest BCUT2D eigenvalue weighted by atomic mass is 9.99. The number of ether oxygens (including phenoxy) is 1. The topological polar surface area (TPSA) is 36.9 Å². The number of nitrogens with one attached hydrogen (secondary N) is 1. The van der Waals surface area contributed by atoms with Crippen LogP contribution in [0.15, 0.2) is 29.3 Å². The molecule has 0 radical (unpaired) electrons. The van der Waals surface area contributed by atoms with Gasteiger partial charge in [-0.25, -0.2) is 0 Å². The number of hydrogen-bond donors (Lipinski definition) is 1. The van der Waals surface area contributed by atoms with Gasteiger partial charge in [0.25, 0.3) is 0 Å². The maximum absolute atomic E-state index is 5.45. The molecular formula is C18H29N3O. The van der Waals surface area contributed by atoms with E-state index in [1.165, 1.54) is 11.1 Å². The van der Waals surface area contributed by atoms with Crippen molar-refractivity contribution in [3.05, 3.63) is 35.4 Å². The summed E-state index contributed by atoms with van der Waals surface area (Å²) >= 11 is 0. The molecule has 2 rings (SSSR count). The summed E-state index contributed by atoms with van der Waals surface area (Å²) in [5.41, 5.74) is 2.68. The zero-order valence-electron chi connectivity index (χ0n) is 14.3. The van der Waals surface area contributed by atoms with Crippen LogP contribution in [-0.4, -0.2) is 51.3 Å². The highest BCUT2D eigenvalue weighted by atomic mass is 16.5. The van der Waals surface area contributed by atoms with Gasteiger partial charge in [0.15, 0.2) is 5.96 Å². The summed E-state index contributed by atoms with van der Waals surface area (Å²) in [5, 5.41) is 3.50. The number of benzene rings is 1. The Labute approximate surface area is 134 Å². The van der Waals surface area contributed by atoms with Crippen molar-refractivity contribution in [2.75, 3.05) is 40.4 Å². The second-order valence-electron chi connectivity index (χ2n) is 6.35. The molecule has 0 bridgehead atoms. The molecule has 22 heavy (non-hydrogen) atoms. The largest absolute Gasteiger partial charge is 0.381 e. The minimum absolute atomic E-state index is 0.458. The molecule has 1 heterocycles. The molecule has 2 atom stereocenters. The summed E-state index contributed by atoms with van der Waals surface area (Å²) < 4.78 is 5.45. The minimum Gasteiger partial charge on any atom is -0.381 e. The van der Waals surface area contributed by atoms with Gasteiger partial charge in [-0.15, -0.1) is 0 Å². The first-order chi connectivity index (χ1) is 10.6.